The monoisotopic (exact) mass is 1070 g/mol. The highest BCUT2D eigenvalue weighted by Gasteiger charge is 2.60. The van der Waals surface area contributed by atoms with Crippen molar-refractivity contribution in [3.05, 3.63) is 140 Å². The van der Waals surface area contributed by atoms with Crippen LogP contribution in [-0.2, 0) is 70.5 Å². The summed E-state index contributed by atoms with van der Waals surface area (Å²) in [5.74, 6) is -0.303. The van der Waals surface area contributed by atoms with Gasteiger partial charge >= 0.3 is 18.3 Å². The Hall–Kier alpha value is -6.55. The molecule has 0 radical (unpaired) electrons. The molecule has 4 aromatic rings. The van der Waals surface area contributed by atoms with Gasteiger partial charge in [0, 0.05) is 72.6 Å². The fraction of sp³-hybridized carbons (Fsp3) is 0.466. The molecule has 3 heterocycles. The van der Waals surface area contributed by atoms with Crippen LogP contribution in [-0.4, -0.2) is 110 Å². The van der Waals surface area contributed by atoms with Gasteiger partial charge < -0.3 is 28.9 Å². The summed E-state index contributed by atoms with van der Waals surface area (Å²) in [7, 11) is 0. The average molecular weight is 1070 g/mol. The van der Waals surface area contributed by atoms with Crippen molar-refractivity contribution in [2.75, 3.05) is 26.2 Å². The summed E-state index contributed by atoms with van der Waals surface area (Å²) < 4.78 is 17.9. The number of benzene rings is 4. The van der Waals surface area contributed by atoms with Gasteiger partial charge in [-0.25, -0.2) is 24.2 Å². The molecule has 4 aromatic carbocycles. The Balaban J connectivity index is 0.000000175. The summed E-state index contributed by atoms with van der Waals surface area (Å²) in [6.45, 7) is 11.0. The van der Waals surface area contributed by atoms with Crippen LogP contribution in [0.5, 0.6) is 0 Å². The zero-order valence-corrected chi connectivity index (χ0v) is 44.3. The first-order chi connectivity index (χ1) is 35.3. The predicted molar refractivity (Wildman–Crippen MR) is 276 cm³/mol. The number of hydrogen-bond donors (Lipinski definition) is 0. The normalized spacial score (nSPS) is 22.6. The number of hydrogen-bond acceptors (Lipinski definition) is 10. The standard InChI is InChI=1S/C33H39N3O6.C25H25BrN2O4/c1-21(23-10-11-23)35(17-22-8-6-5-7-9-22)28(37)20-36-29(38)33(42-31(36)40)15-14-25-16-24(12-13-27(25)33)26-18-34(19-26)30(39)41-32(2,3)4;1-16(18-7-8-18)27(14-17-5-3-2-4-6-17)22(29)15-28-23(30)25(32-24(28)31)12-11-19-13-20(26)9-10-21(19)25/h5-9,12-13,16,21,23,26H,10-11,14-15,17-20H2,1-4H3;2-6,9-10,13,16,18H,7-8,11-12,14-15H2,1H3/t21-,33+;16-,25+/m00/s1. The number of imide groups is 2. The van der Waals surface area contributed by atoms with E-state index in [4.69, 9.17) is 14.2 Å². The maximum Gasteiger partial charge on any atom is 0.418 e. The Morgan fingerprint density at radius 2 is 1.11 bits per heavy atom. The molecule has 4 atom stereocenters. The van der Waals surface area contributed by atoms with E-state index in [-0.39, 0.29) is 49.0 Å². The van der Waals surface area contributed by atoms with Gasteiger partial charge in [0.05, 0.1) is 0 Å². The van der Waals surface area contributed by atoms with Crippen LogP contribution >= 0.6 is 15.9 Å². The zero-order valence-electron chi connectivity index (χ0n) is 42.7. The molecule has 2 saturated carbocycles. The molecule has 0 N–H and O–H groups in total. The number of ether oxygens (including phenoxy) is 3. The smallest absolute Gasteiger partial charge is 0.418 e. The van der Waals surface area contributed by atoms with Gasteiger partial charge in [0.2, 0.25) is 23.0 Å². The first kappa shape index (κ1) is 51.0. The molecule has 74 heavy (non-hydrogen) atoms. The lowest BCUT2D eigenvalue weighted by molar-refractivity contribution is -0.143. The van der Waals surface area contributed by atoms with E-state index in [2.05, 4.69) is 28.9 Å². The van der Waals surface area contributed by atoms with Crippen molar-refractivity contribution in [1.82, 2.24) is 24.5 Å². The van der Waals surface area contributed by atoms with Crippen molar-refractivity contribution in [2.24, 2.45) is 11.8 Å². The number of nitrogens with zero attached hydrogens (tertiary/aromatic N) is 5. The van der Waals surface area contributed by atoms with E-state index in [9.17, 15) is 33.6 Å². The molecular weight excluding hydrogens is 1010 g/mol. The Morgan fingerprint density at radius 3 is 1.55 bits per heavy atom. The van der Waals surface area contributed by atoms with Crippen LogP contribution in [0.2, 0.25) is 0 Å². The molecule has 16 heteroatoms. The molecule has 3 aliphatic heterocycles. The number of likely N-dealkylation sites (tertiary alicyclic amines) is 1. The average Bonchev–Trinajstić information content (AvgIpc) is 4.30. The molecule has 2 spiro atoms. The maximum atomic E-state index is 13.8. The topological polar surface area (TPSA) is 163 Å². The fourth-order valence-electron chi connectivity index (χ4n) is 11.3. The SMILES string of the molecule is C[C@@H](C1CC1)N(Cc1ccccc1)C(=O)CN1C(=O)O[C@@]2(CCc3cc(Br)ccc32)C1=O.C[C@@H](C1CC1)N(Cc1ccccc1)C(=O)CN1C(=O)O[C@@]2(CCc3cc(C4CN(C(=O)OC(C)(C)C)C4)ccc32)C1=O. The van der Waals surface area contributed by atoms with E-state index in [0.29, 0.717) is 69.3 Å². The van der Waals surface area contributed by atoms with Crippen molar-refractivity contribution in [1.29, 1.82) is 0 Å². The van der Waals surface area contributed by atoms with Crippen molar-refractivity contribution in [2.45, 2.75) is 134 Å². The zero-order chi connectivity index (χ0) is 52.3. The number of amides is 7. The van der Waals surface area contributed by atoms with Crippen LogP contribution in [0.4, 0.5) is 14.4 Å². The lowest BCUT2D eigenvalue weighted by Crippen LogP contribution is -2.50. The maximum absolute atomic E-state index is 13.8. The summed E-state index contributed by atoms with van der Waals surface area (Å²) in [4.78, 5) is 99.7. The van der Waals surface area contributed by atoms with Crippen molar-refractivity contribution in [3.63, 3.8) is 0 Å². The van der Waals surface area contributed by atoms with Crippen LogP contribution in [0.25, 0.3) is 0 Å². The number of carbonyl (C=O) groups excluding carboxylic acids is 7. The Labute approximate surface area is 440 Å². The molecule has 11 rings (SSSR count). The van der Waals surface area contributed by atoms with Gasteiger partial charge in [0.15, 0.2) is 0 Å². The molecule has 0 unspecified atom stereocenters. The van der Waals surface area contributed by atoms with E-state index < -0.39 is 40.8 Å². The van der Waals surface area contributed by atoms with E-state index in [1.807, 2.05) is 119 Å². The summed E-state index contributed by atoms with van der Waals surface area (Å²) in [6, 6.07) is 31.2. The Morgan fingerprint density at radius 1 is 0.662 bits per heavy atom. The van der Waals surface area contributed by atoms with Crippen molar-refractivity contribution >= 4 is 57.8 Å². The Kier molecular flexibility index (Phi) is 13.7. The third kappa shape index (κ3) is 10.1. The highest BCUT2D eigenvalue weighted by Crippen LogP contribution is 2.48. The van der Waals surface area contributed by atoms with Gasteiger partial charge in [-0.2, -0.15) is 0 Å². The molecule has 0 bridgehead atoms. The summed E-state index contributed by atoms with van der Waals surface area (Å²) in [6.07, 6.45) is 4.51. The molecule has 7 aliphatic rings. The molecule has 388 valence electrons. The van der Waals surface area contributed by atoms with E-state index in [1.165, 1.54) is 0 Å². The number of halogens is 1. The molecule has 4 aliphatic carbocycles. The number of rotatable bonds is 13. The highest BCUT2D eigenvalue weighted by atomic mass is 79.9. The van der Waals surface area contributed by atoms with Gasteiger partial charge in [-0.1, -0.05) is 101 Å². The summed E-state index contributed by atoms with van der Waals surface area (Å²) >= 11 is 3.45. The molecule has 3 saturated heterocycles. The number of aryl methyl sites for hydroxylation is 2. The summed E-state index contributed by atoms with van der Waals surface area (Å²) in [5, 5.41) is 0. The molecular formula is C58H64BrN5O10. The largest absolute Gasteiger partial charge is 0.444 e. The van der Waals surface area contributed by atoms with Crippen LogP contribution < -0.4 is 0 Å². The van der Waals surface area contributed by atoms with E-state index >= 15 is 0 Å². The molecule has 5 fully saturated rings. The highest BCUT2D eigenvalue weighted by molar-refractivity contribution is 9.10. The predicted octanol–water partition coefficient (Wildman–Crippen LogP) is 9.37. The summed E-state index contributed by atoms with van der Waals surface area (Å²) in [5.41, 5.74) is 3.24. The van der Waals surface area contributed by atoms with Gasteiger partial charge in [-0.05, 0) is 125 Å². The van der Waals surface area contributed by atoms with E-state index in [1.54, 1.807) is 14.7 Å². The fourth-order valence-corrected chi connectivity index (χ4v) is 11.7. The van der Waals surface area contributed by atoms with E-state index in [0.717, 1.165) is 73.3 Å². The van der Waals surface area contributed by atoms with Crippen LogP contribution in [0.1, 0.15) is 118 Å². The van der Waals surface area contributed by atoms with Gasteiger partial charge in [0.25, 0.3) is 11.8 Å². The van der Waals surface area contributed by atoms with Crippen LogP contribution in [0.15, 0.2) is 102 Å². The lowest BCUT2D eigenvalue weighted by Gasteiger charge is -2.40. The second kappa shape index (κ2) is 19.9. The second-order valence-corrected chi connectivity index (χ2v) is 23.1. The minimum Gasteiger partial charge on any atom is -0.444 e. The third-order valence-electron chi connectivity index (χ3n) is 15.9. The van der Waals surface area contributed by atoms with Crippen molar-refractivity contribution in [3.8, 4) is 0 Å². The van der Waals surface area contributed by atoms with Gasteiger partial charge in [-0.3, -0.25) is 19.2 Å². The van der Waals surface area contributed by atoms with Crippen molar-refractivity contribution < 1.29 is 47.8 Å². The first-order valence-corrected chi connectivity index (χ1v) is 26.8. The van der Waals surface area contributed by atoms with Gasteiger partial charge in [-0.15, -0.1) is 0 Å². The minimum absolute atomic E-state index is 0.0174. The Bertz CT molecular complexity index is 2880. The molecule has 15 nitrogen and oxygen atoms in total. The van der Waals surface area contributed by atoms with Crippen LogP contribution in [0.3, 0.4) is 0 Å². The number of carbonyl (C=O) groups is 7. The third-order valence-corrected chi connectivity index (χ3v) is 16.4. The first-order valence-electron chi connectivity index (χ1n) is 26.0. The minimum atomic E-state index is -1.39. The molecule has 0 aromatic heterocycles. The number of fused-ring (bicyclic) bond motifs is 4. The lowest BCUT2D eigenvalue weighted by atomic mass is 9.88. The quantitative estimate of drug-likeness (QED) is 0.118. The van der Waals surface area contributed by atoms with Crippen LogP contribution in [0, 0.1) is 11.8 Å². The van der Waals surface area contributed by atoms with Gasteiger partial charge in [0.1, 0.15) is 18.7 Å². The molecule has 7 amide bonds. The second-order valence-electron chi connectivity index (χ2n) is 22.1.